The fourth-order valence-corrected chi connectivity index (χ4v) is 4.62. The predicted octanol–water partition coefficient (Wildman–Crippen LogP) is 3.39. The van der Waals surface area contributed by atoms with Gasteiger partial charge in [-0.1, -0.05) is 51.4 Å². The van der Waals surface area contributed by atoms with Crippen molar-refractivity contribution in [3.05, 3.63) is 0 Å². The van der Waals surface area contributed by atoms with Crippen LogP contribution in [0.3, 0.4) is 0 Å². The average molecular weight is 322 g/mol. The third kappa shape index (κ3) is 5.50. The molecule has 0 unspecified atom stereocenters. The number of hydrogen-bond donors (Lipinski definition) is 2. The molecule has 2 atom stereocenters. The second kappa shape index (κ2) is 9.29. The quantitative estimate of drug-likeness (QED) is 0.683. The molecule has 0 aliphatic heterocycles. The van der Waals surface area contributed by atoms with E-state index in [2.05, 4.69) is 5.32 Å². The van der Waals surface area contributed by atoms with Crippen LogP contribution in [0.2, 0.25) is 0 Å². The maximum Gasteiger partial charge on any atom is 0.223 e. The summed E-state index contributed by atoms with van der Waals surface area (Å²) in [5.74, 6) is 0.570. The van der Waals surface area contributed by atoms with E-state index in [9.17, 15) is 9.59 Å². The van der Waals surface area contributed by atoms with Gasteiger partial charge in [-0.05, 0) is 38.0 Å². The molecule has 0 heterocycles. The van der Waals surface area contributed by atoms with Gasteiger partial charge in [-0.3, -0.25) is 9.59 Å². The number of primary amides is 1. The molecule has 23 heavy (non-hydrogen) atoms. The van der Waals surface area contributed by atoms with Crippen molar-refractivity contribution in [3.63, 3.8) is 0 Å². The summed E-state index contributed by atoms with van der Waals surface area (Å²) in [6.07, 6.45) is 12.8. The normalized spacial score (nSPS) is 22.1. The highest BCUT2D eigenvalue weighted by atomic mass is 16.2. The molecular weight excluding hydrogens is 288 g/mol. The van der Waals surface area contributed by atoms with Crippen molar-refractivity contribution < 1.29 is 9.59 Å². The van der Waals surface area contributed by atoms with Gasteiger partial charge in [-0.25, -0.2) is 0 Å². The molecule has 0 saturated heterocycles. The van der Waals surface area contributed by atoms with Crippen molar-refractivity contribution >= 4 is 11.8 Å². The fourth-order valence-electron chi connectivity index (χ4n) is 4.62. The largest absolute Gasteiger partial charge is 0.369 e. The molecule has 0 spiro atoms. The minimum Gasteiger partial charge on any atom is -0.369 e. The lowest BCUT2D eigenvalue weighted by Gasteiger charge is -2.27. The molecule has 2 saturated carbocycles. The predicted molar refractivity (Wildman–Crippen MR) is 92.6 cm³/mol. The zero-order chi connectivity index (χ0) is 16.7. The van der Waals surface area contributed by atoms with Gasteiger partial charge in [0, 0.05) is 18.4 Å². The molecule has 2 aliphatic carbocycles. The molecule has 2 aliphatic rings. The van der Waals surface area contributed by atoms with E-state index in [1.54, 1.807) is 0 Å². The molecule has 2 amide bonds. The van der Waals surface area contributed by atoms with Gasteiger partial charge in [0.2, 0.25) is 11.8 Å². The monoisotopic (exact) mass is 322 g/mol. The van der Waals surface area contributed by atoms with Gasteiger partial charge < -0.3 is 11.1 Å². The van der Waals surface area contributed by atoms with Crippen LogP contribution in [0.15, 0.2) is 0 Å². The topological polar surface area (TPSA) is 72.2 Å². The summed E-state index contributed by atoms with van der Waals surface area (Å²) in [6, 6.07) is 0. The van der Waals surface area contributed by atoms with Crippen LogP contribution in [0.1, 0.15) is 77.6 Å². The Balaban J connectivity index is 2.00. The first-order valence-corrected chi connectivity index (χ1v) is 9.68. The Morgan fingerprint density at radius 3 is 2.09 bits per heavy atom. The maximum atomic E-state index is 12.6. The van der Waals surface area contributed by atoms with Crippen molar-refractivity contribution in [1.82, 2.24) is 5.32 Å². The molecule has 0 aromatic carbocycles. The lowest BCUT2D eigenvalue weighted by Crippen LogP contribution is -2.41. The number of carbonyl (C=O) groups is 2. The second-order valence-electron chi connectivity index (χ2n) is 7.62. The smallest absolute Gasteiger partial charge is 0.223 e. The van der Waals surface area contributed by atoms with E-state index in [4.69, 9.17) is 5.73 Å². The summed E-state index contributed by atoms with van der Waals surface area (Å²) >= 11 is 0. The Hall–Kier alpha value is -1.06. The summed E-state index contributed by atoms with van der Waals surface area (Å²) in [5, 5.41) is 2.94. The van der Waals surface area contributed by atoms with E-state index < -0.39 is 0 Å². The Morgan fingerprint density at radius 2 is 1.57 bits per heavy atom. The fraction of sp³-hybridized carbons (Fsp3) is 0.895. The van der Waals surface area contributed by atoms with Gasteiger partial charge in [-0.15, -0.1) is 0 Å². The van der Waals surface area contributed by atoms with Crippen LogP contribution in [0.5, 0.6) is 0 Å². The van der Waals surface area contributed by atoms with Crippen LogP contribution in [0.4, 0.5) is 0 Å². The Bertz CT molecular complexity index is 385. The number of amides is 2. The molecule has 2 rings (SSSR count). The highest BCUT2D eigenvalue weighted by Gasteiger charge is 2.35. The van der Waals surface area contributed by atoms with Crippen LogP contribution in [0.25, 0.3) is 0 Å². The standard InChI is InChI=1S/C19H34N2O2/c1-2-21-19(23)17(13-15-9-5-6-10-15)16(18(20)22)12-11-14-7-3-4-8-14/h14-17H,2-13H2,1H3,(H2,20,22)(H,21,23)/t16-,17+/m0/s1. The van der Waals surface area contributed by atoms with Crippen molar-refractivity contribution in [1.29, 1.82) is 0 Å². The van der Waals surface area contributed by atoms with E-state index >= 15 is 0 Å². The van der Waals surface area contributed by atoms with Gasteiger partial charge >= 0.3 is 0 Å². The highest BCUT2D eigenvalue weighted by Crippen LogP contribution is 2.36. The zero-order valence-corrected chi connectivity index (χ0v) is 14.7. The van der Waals surface area contributed by atoms with E-state index in [1.807, 2.05) is 6.92 Å². The summed E-state index contributed by atoms with van der Waals surface area (Å²) in [6.45, 7) is 2.55. The Kier molecular flexibility index (Phi) is 7.38. The highest BCUT2D eigenvalue weighted by molar-refractivity contribution is 5.86. The molecule has 0 radical (unpaired) electrons. The Morgan fingerprint density at radius 1 is 1.00 bits per heavy atom. The average Bonchev–Trinajstić information content (AvgIpc) is 3.19. The van der Waals surface area contributed by atoms with Crippen LogP contribution < -0.4 is 11.1 Å². The van der Waals surface area contributed by atoms with Crippen LogP contribution in [-0.2, 0) is 9.59 Å². The first kappa shape index (κ1) is 18.3. The molecule has 2 fully saturated rings. The van der Waals surface area contributed by atoms with Gasteiger partial charge in [0.1, 0.15) is 0 Å². The third-order valence-corrected chi connectivity index (χ3v) is 5.96. The minimum absolute atomic E-state index is 0.0367. The first-order valence-electron chi connectivity index (χ1n) is 9.68. The Labute approximate surface area is 141 Å². The van der Waals surface area contributed by atoms with Gasteiger partial charge in [-0.2, -0.15) is 0 Å². The lowest BCUT2D eigenvalue weighted by atomic mass is 9.79. The molecule has 4 heteroatoms. The SMILES string of the molecule is CCNC(=O)[C@H](CC1CCCC1)[C@H](CCC1CCCC1)C(N)=O. The van der Waals surface area contributed by atoms with E-state index in [0.717, 1.165) is 25.2 Å². The minimum atomic E-state index is -0.289. The maximum absolute atomic E-state index is 12.6. The molecule has 3 N–H and O–H groups in total. The second-order valence-corrected chi connectivity index (χ2v) is 7.62. The number of nitrogens with one attached hydrogen (secondary N) is 1. The summed E-state index contributed by atoms with van der Waals surface area (Å²) in [5.41, 5.74) is 5.71. The lowest BCUT2D eigenvalue weighted by molar-refractivity contribution is -0.134. The molecule has 132 valence electrons. The van der Waals surface area contributed by atoms with Gasteiger partial charge in [0.15, 0.2) is 0 Å². The van der Waals surface area contributed by atoms with Crippen LogP contribution in [-0.4, -0.2) is 18.4 Å². The molecule has 0 aromatic rings. The molecule has 0 aromatic heterocycles. The van der Waals surface area contributed by atoms with Crippen LogP contribution >= 0.6 is 0 Å². The summed E-state index contributed by atoms with van der Waals surface area (Å²) < 4.78 is 0. The first-order chi connectivity index (χ1) is 11.1. The van der Waals surface area contributed by atoms with Crippen LogP contribution in [0, 0.1) is 23.7 Å². The molecular formula is C19H34N2O2. The van der Waals surface area contributed by atoms with E-state index in [1.165, 1.54) is 51.4 Å². The van der Waals surface area contributed by atoms with Crippen molar-refractivity contribution in [2.45, 2.75) is 77.6 Å². The summed E-state index contributed by atoms with van der Waals surface area (Å²) in [4.78, 5) is 24.6. The summed E-state index contributed by atoms with van der Waals surface area (Å²) in [7, 11) is 0. The molecule has 0 bridgehead atoms. The number of carbonyl (C=O) groups excluding carboxylic acids is 2. The number of rotatable bonds is 9. The third-order valence-electron chi connectivity index (χ3n) is 5.96. The van der Waals surface area contributed by atoms with Crippen molar-refractivity contribution in [2.75, 3.05) is 6.54 Å². The van der Waals surface area contributed by atoms with Gasteiger partial charge in [0.25, 0.3) is 0 Å². The van der Waals surface area contributed by atoms with Crippen molar-refractivity contribution in [2.24, 2.45) is 29.4 Å². The zero-order valence-electron chi connectivity index (χ0n) is 14.7. The number of nitrogens with two attached hydrogens (primary N) is 1. The number of hydrogen-bond acceptors (Lipinski definition) is 2. The van der Waals surface area contributed by atoms with Crippen molar-refractivity contribution in [3.8, 4) is 0 Å². The van der Waals surface area contributed by atoms with E-state index in [-0.39, 0.29) is 23.7 Å². The van der Waals surface area contributed by atoms with E-state index in [0.29, 0.717) is 12.5 Å². The molecule has 4 nitrogen and oxygen atoms in total. The van der Waals surface area contributed by atoms with Gasteiger partial charge in [0.05, 0.1) is 0 Å².